The lowest BCUT2D eigenvalue weighted by atomic mass is 10.1. The zero-order valence-electron chi connectivity index (χ0n) is 13.2. The first-order valence-electron chi connectivity index (χ1n) is 7.88. The van der Waals surface area contributed by atoms with Gasteiger partial charge in [-0.3, -0.25) is 9.78 Å². The molecule has 120 valence electrons. The van der Waals surface area contributed by atoms with Crippen molar-refractivity contribution in [3.63, 3.8) is 0 Å². The summed E-state index contributed by atoms with van der Waals surface area (Å²) in [5, 5.41) is 3.29. The number of nitrogens with one attached hydrogen (secondary N) is 1. The highest BCUT2D eigenvalue weighted by atomic mass is 16.5. The number of aromatic nitrogens is 1. The van der Waals surface area contributed by atoms with Crippen LogP contribution in [0.3, 0.4) is 0 Å². The molecule has 0 unspecified atom stereocenters. The summed E-state index contributed by atoms with van der Waals surface area (Å²) in [4.78, 5) is 18.7. The third kappa shape index (κ3) is 3.87. The minimum atomic E-state index is 0.0790. The monoisotopic (exact) mass is 311 g/mol. The van der Waals surface area contributed by atoms with Gasteiger partial charge in [-0.2, -0.15) is 0 Å². The van der Waals surface area contributed by atoms with Gasteiger partial charge in [0.15, 0.2) is 0 Å². The van der Waals surface area contributed by atoms with Crippen molar-refractivity contribution in [2.24, 2.45) is 0 Å². The first kappa shape index (κ1) is 15.5. The molecule has 5 heteroatoms. The van der Waals surface area contributed by atoms with Gasteiger partial charge in [-0.05, 0) is 43.3 Å². The van der Waals surface area contributed by atoms with Crippen molar-refractivity contribution in [3.8, 4) is 5.75 Å². The Balaban J connectivity index is 1.61. The average molecular weight is 311 g/mol. The largest absolute Gasteiger partial charge is 0.487 e. The van der Waals surface area contributed by atoms with Gasteiger partial charge in [0.1, 0.15) is 12.4 Å². The highest BCUT2D eigenvalue weighted by Gasteiger charge is 2.23. The molecule has 0 bridgehead atoms. The molecule has 0 spiro atoms. The van der Waals surface area contributed by atoms with Crippen molar-refractivity contribution in [2.75, 3.05) is 19.6 Å². The molecule has 1 aliphatic rings. The van der Waals surface area contributed by atoms with Crippen LogP contribution in [0, 0.1) is 0 Å². The summed E-state index contributed by atoms with van der Waals surface area (Å²) >= 11 is 0. The second-order valence-corrected chi connectivity index (χ2v) is 5.69. The Labute approximate surface area is 136 Å². The maximum absolute atomic E-state index is 12.5. The molecule has 1 aromatic carbocycles. The molecule has 1 amide bonds. The average Bonchev–Trinajstić information content (AvgIpc) is 2.61. The minimum Gasteiger partial charge on any atom is -0.487 e. The topological polar surface area (TPSA) is 54.5 Å². The number of carbonyl (C=O) groups excluding carboxylic acids is 1. The van der Waals surface area contributed by atoms with Crippen molar-refractivity contribution in [1.29, 1.82) is 0 Å². The molecule has 1 atom stereocenters. The van der Waals surface area contributed by atoms with Gasteiger partial charge in [0, 0.05) is 37.4 Å². The van der Waals surface area contributed by atoms with Crippen LogP contribution in [-0.2, 0) is 6.61 Å². The van der Waals surface area contributed by atoms with E-state index < -0.39 is 0 Å². The molecule has 1 N–H and O–H groups in total. The lowest BCUT2D eigenvalue weighted by Crippen LogP contribution is -2.52. The lowest BCUT2D eigenvalue weighted by Gasteiger charge is -2.34. The van der Waals surface area contributed by atoms with E-state index in [0.29, 0.717) is 12.2 Å². The predicted octanol–water partition coefficient (Wildman–Crippen LogP) is 2.09. The summed E-state index contributed by atoms with van der Waals surface area (Å²) in [7, 11) is 0. The van der Waals surface area contributed by atoms with Crippen LogP contribution < -0.4 is 10.1 Å². The van der Waals surface area contributed by atoms with E-state index in [9.17, 15) is 4.79 Å². The number of amides is 1. The summed E-state index contributed by atoms with van der Waals surface area (Å²) in [6.07, 6.45) is 1.75. The molecule has 0 aliphatic carbocycles. The Morgan fingerprint density at radius 3 is 2.83 bits per heavy atom. The number of hydrogen-bond donors (Lipinski definition) is 1. The Morgan fingerprint density at radius 1 is 1.30 bits per heavy atom. The molecule has 1 aliphatic heterocycles. The van der Waals surface area contributed by atoms with Crippen molar-refractivity contribution < 1.29 is 9.53 Å². The summed E-state index contributed by atoms with van der Waals surface area (Å²) in [6, 6.07) is 13.3. The second-order valence-electron chi connectivity index (χ2n) is 5.69. The Morgan fingerprint density at radius 2 is 2.13 bits per heavy atom. The maximum Gasteiger partial charge on any atom is 0.254 e. The highest BCUT2D eigenvalue weighted by Crippen LogP contribution is 2.16. The molecule has 0 radical (unpaired) electrons. The van der Waals surface area contributed by atoms with Crippen LogP contribution in [0.2, 0.25) is 0 Å². The van der Waals surface area contributed by atoms with Crippen LogP contribution in [0.25, 0.3) is 0 Å². The van der Waals surface area contributed by atoms with Crippen LogP contribution in [-0.4, -0.2) is 41.5 Å². The van der Waals surface area contributed by atoms with E-state index in [4.69, 9.17) is 4.74 Å². The molecule has 2 heterocycles. The van der Waals surface area contributed by atoms with Crippen LogP contribution in [0.4, 0.5) is 0 Å². The number of carbonyl (C=O) groups is 1. The molecule has 23 heavy (non-hydrogen) atoms. The van der Waals surface area contributed by atoms with Crippen molar-refractivity contribution in [3.05, 3.63) is 59.9 Å². The molecule has 2 aromatic rings. The molecule has 5 nitrogen and oxygen atoms in total. The third-order valence-corrected chi connectivity index (χ3v) is 3.98. The smallest absolute Gasteiger partial charge is 0.254 e. The third-order valence-electron chi connectivity index (χ3n) is 3.98. The predicted molar refractivity (Wildman–Crippen MR) is 88.4 cm³/mol. The fraction of sp³-hybridized carbons (Fsp3) is 0.333. The van der Waals surface area contributed by atoms with Gasteiger partial charge in [0.25, 0.3) is 5.91 Å². The van der Waals surface area contributed by atoms with E-state index >= 15 is 0 Å². The molecule has 3 rings (SSSR count). The van der Waals surface area contributed by atoms with Gasteiger partial charge in [-0.1, -0.05) is 6.07 Å². The van der Waals surface area contributed by atoms with Crippen LogP contribution in [0.1, 0.15) is 23.0 Å². The quantitative estimate of drug-likeness (QED) is 0.939. The minimum absolute atomic E-state index is 0.0790. The summed E-state index contributed by atoms with van der Waals surface area (Å²) in [6.45, 7) is 4.92. The van der Waals surface area contributed by atoms with E-state index in [-0.39, 0.29) is 11.9 Å². The fourth-order valence-electron chi connectivity index (χ4n) is 2.64. The van der Waals surface area contributed by atoms with Gasteiger partial charge in [-0.15, -0.1) is 0 Å². The summed E-state index contributed by atoms with van der Waals surface area (Å²) < 4.78 is 5.70. The Bertz CT molecular complexity index is 643. The van der Waals surface area contributed by atoms with E-state index in [1.807, 2.05) is 47.4 Å². The van der Waals surface area contributed by atoms with Crippen LogP contribution >= 0.6 is 0 Å². The maximum atomic E-state index is 12.5. The first-order valence-corrected chi connectivity index (χ1v) is 7.88. The van der Waals surface area contributed by atoms with E-state index in [0.717, 1.165) is 31.1 Å². The molecule has 0 saturated carbocycles. The zero-order valence-corrected chi connectivity index (χ0v) is 13.2. The summed E-state index contributed by atoms with van der Waals surface area (Å²) in [5.74, 6) is 0.816. The van der Waals surface area contributed by atoms with E-state index in [2.05, 4.69) is 17.2 Å². The van der Waals surface area contributed by atoms with Gasteiger partial charge < -0.3 is 15.0 Å². The van der Waals surface area contributed by atoms with Crippen molar-refractivity contribution in [1.82, 2.24) is 15.2 Å². The number of nitrogens with zero attached hydrogens (tertiary/aromatic N) is 2. The van der Waals surface area contributed by atoms with E-state index in [1.165, 1.54) is 0 Å². The molecule has 1 aromatic heterocycles. The van der Waals surface area contributed by atoms with Gasteiger partial charge >= 0.3 is 0 Å². The SMILES string of the molecule is C[C@H]1CNCCN1C(=O)c1ccc(OCc2ccccn2)cc1. The lowest BCUT2D eigenvalue weighted by molar-refractivity contribution is 0.0655. The number of pyridine rings is 1. The van der Waals surface area contributed by atoms with Gasteiger partial charge in [0.2, 0.25) is 0 Å². The number of ether oxygens (including phenoxy) is 1. The Hall–Kier alpha value is -2.40. The molecule has 1 saturated heterocycles. The normalized spacial score (nSPS) is 17.8. The van der Waals surface area contributed by atoms with Crippen LogP contribution in [0.5, 0.6) is 5.75 Å². The number of rotatable bonds is 4. The fourth-order valence-corrected chi connectivity index (χ4v) is 2.64. The number of hydrogen-bond acceptors (Lipinski definition) is 4. The first-order chi connectivity index (χ1) is 11.2. The number of benzene rings is 1. The van der Waals surface area contributed by atoms with Crippen LogP contribution in [0.15, 0.2) is 48.7 Å². The molecule has 1 fully saturated rings. The highest BCUT2D eigenvalue weighted by molar-refractivity contribution is 5.94. The van der Waals surface area contributed by atoms with Gasteiger partial charge in [-0.25, -0.2) is 0 Å². The van der Waals surface area contributed by atoms with Gasteiger partial charge in [0.05, 0.1) is 5.69 Å². The second kappa shape index (κ2) is 7.24. The summed E-state index contributed by atoms with van der Waals surface area (Å²) in [5.41, 5.74) is 1.58. The van der Waals surface area contributed by atoms with E-state index in [1.54, 1.807) is 6.20 Å². The van der Waals surface area contributed by atoms with Crippen molar-refractivity contribution >= 4 is 5.91 Å². The molecular formula is C18H21N3O2. The molecular weight excluding hydrogens is 290 g/mol. The number of piperazine rings is 1. The standard InChI is InChI=1S/C18H21N3O2/c1-14-12-19-10-11-21(14)18(22)15-5-7-17(8-6-15)23-13-16-4-2-3-9-20-16/h2-9,14,19H,10-13H2,1H3/t14-/m0/s1. The van der Waals surface area contributed by atoms with Crippen molar-refractivity contribution in [2.45, 2.75) is 19.6 Å². The zero-order chi connectivity index (χ0) is 16.1. The Kier molecular flexibility index (Phi) is 4.88.